The van der Waals surface area contributed by atoms with E-state index in [0.29, 0.717) is 0 Å². The van der Waals surface area contributed by atoms with Gasteiger partial charge >= 0.3 is 0 Å². The molecule has 0 spiro atoms. The van der Waals surface area contributed by atoms with E-state index in [-0.39, 0.29) is 0 Å². The van der Waals surface area contributed by atoms with Crippen molar-refractivity contribution >= 4 is 0 Å². The lowest BCUT2D eigenvalue weighted by Gasteiger charge is -2.24. The maximum absolute atomic E-state index is 3.83. The van der Waals surface area contributed by atoms with Gasteiger partial charge in [0, 0.05) is 6.04 Å². The van der Waals surface area contributed by atoms with Crippen LogP contribution in [0.25, 0.3) is 0 Å². The quantitative estimate of drug-likeness (QED) is 0.358. The number of hydrogen-bond acceptors (Lipinski definition) is 1. The first-order chi connectivity index (χ1) is 9.86. The molecule has 20 heavy (non-hydrogen) atoms. The number of rotatable bonds is 11. The van der Waals surface area contributed by atoms with Gasteiger partial charge in [0.2, 0.25) is 0 Å². The predicted molar refractivity (Wildman–Crippen MR) is 91.3 cm³/mol. The number of unbranched alkanes of at least 4 members (excludes halogenated alkanes) is 4. The maximum atomic E-state index is 3.83. The fourth-order valence-corrected chi connectivity index (χ4v) is 3.65. The third-order valence-corrected chi connectivity index (χ3v) is 4.93. The summed E-state index contributed by atoms with van der Waals surface area (Å²) in [6.07, 6.45) is 20.2. The molecule has 0 aromatic heterocycles. The standard InChI is InChI=1S/C19H39N/c1-3-5-6-7-12-15-19(20-16-4-2)17-18-13-10-8-9-11-14-18/h18-20H,3-17H2,1-2H3. The molecule has 1 nitrogen and oxygen atoms in total. The molecule has 0 aromatic rings. The van der Waals surface area contributed by atoms with Gasteiger partial charge in [-0.1, -0.05) is 84.5 Å². The average Bonchev–Trinajstić information content (AvgIpc) is 2.73. The summed E-state index contributed by atoms with van der Waals surface area (Å²) in [6.45, 7) is 5.81. The Labute approximate surface area is 128 Å². The minimum absolute atomic E-state index is 0.805. The van der Waals surface area contributed by atoms with Crippen LogP contribution in [0.3, 0.4) is 0 Å². The molecule has 1 unspecified atom stereocenters. The molecule has 0 heterocycles. The van der Waals surface area contributed by atoms with Crippen LogP contribution in [0.2, 0.25) is 0 Å². The molecular formula is C19H39N. The van der Waals surface area contributed by atoms with Gasteiger partial charge in [-0.25, -0.2) is 0 Å². The van der Waals surface area contributed by atoms with Crippen molar-refractivity contribution in [2.24, 2.45) is 5.92 Å². The van der Waals surface area contributed by atoms with Crippen molar-refractivity contribution in [3.8, 4) is 0 Å². The zero-order valence-electron chi connectivity index (χ0n) is 14.3. The Balaban J connectivity index is 2.22. The van der Waals surface area contributed by atoms with E-state index in [2.05, 4.69) is 19.2 Å². The number of nitrogens with one attached hydrogen (secondary N) is 1. The van der Waals surface area contributed by atoms with Gasteiger partial charge in [-0.2, -0.15) is 0 Å². The van der Waals surface area contributed by atoms with Crippen LogP contribution in [-0.2, 0) is 0 Å². The SMILES string of the molecule is CCCCCCCC(CC1CCCCCC1)NCCC. The summed E-state index contributed by atoms with van der Waals surface area (Å²) < 4.78 is 0. The normalized spacial score (nSPS) is 18.9. The van der Waals surface area contributed by atoms with E-state index in [1.807, 2.05) is 0 Å². The van der Waals surface area contributed by atoms with Crippen LogP contribution in [0, 0.1) is 5.92 Å². The molecule has 0 bridgehead atoms. The molecule has 0 saturated heterocycles. The molecule has 0 aliphatic heterocycles. The van der Waals surface area contributed by atoms with Gasteiger partial charge in [0.15, 0.2) is 0 Å². The van der Waals surface area contributed by atoms with E-state index in [0.717, 1.165) is 12.0 Å². The van der Waals surface area contributed by atoms with Gasteiger partial charge in [0.1, 0.15) is 0 Å². The Morgan fingerprint density at radius 2 is 1.55 bits per heavy atom. The second-order valence-corrected chi connectivity index (χ2v) is 6.95. The van der Waals surface area contributed by atoms with Crippen molar-refractivity contribution in [2.75, 3.05) is 6.54 Å². The maximum Gasteiger partial charge on any atom is 0.00696 e. The van der Waals surface area contributed by atoms with E-state index in [1.165, 1.54) is 96.4 Å². The summed E-state index contributed by atoms with van der Waals surface area (Å²) in [5.74, 6) is 1.02. The first kappa shape index (κ1) is 18.0. The lowest BCUT2D eigenvalue weighted by molar-refractivity contribution is 0.332. The highest BCUT2D eigenvalue weighted by Gasteiger charge is 2.17. The van der Waals surface area contributed by atoms with E-state index in [1.54, 1.807) is 0 Å². The summed E-state index contributed by atoms with van der Waals surface area (Å²) >= 11 is 0. The summed E-state index contributed by atoms with van der Waals surface area (Å²) in [6, 6.07) is 0.805. The van der Waals surface area contributed by atoms with E-state index >= 15 is 0 Å². The Hall–Kier alpha value is -0.0400. The third kappa shape index (κ3) is 9.00. The molecule has 1 fully saturated rings. The van der Waals surface area contributed by atoms with Crippen molar-refractivity contribution in [1.82, 2.24) is 5.32 Å². The molecule has 1 heteroatoms. The Kier molecular flexibility index (Phi) is 11.4. The van der Waals surface area contributed by atoms with Crippen LogP contribution in [0.15, 0.2) is 0 Å². The fraction of sp³-hybridized carbons (Fsp3) is 1.00. The molecule has 1 N–H and O–H groups in total. The molecule has 1 rings (SSSR count). The van der Waals surface area contributed by atoms with Gasteiger partial charge in [0.05, 0.1) is 0 Å². The van der Waals surface area contributed by atoms with Crippen molar-refractivity contribution in [3.05, 3.63) is 0 Å². The Bertz CT molecular complexity index is 194. The third-order valence-electron chi connectivity index (χ3n) is 4.93. The molecule has 0 aromatic carbocycles. The van der Waals surface area contributed by atoms with Crippen molar-refractivity contribution < 1.29 is 0 Å². The van der Waals surface area contributed by atoms with Crippen LogP contribution in [-0.4, -0.2) is 12.6 Å². The predicted octanol–water partition coefficient (Wildman–Crippen LogP) is 6.08. The zero-order chi connectivity index (χ0) is 14.5. The minimum Gasteiger partial charge on any atom is -0.314 e. The van der Waals surface area contributed by atoms with Gasteiger partial charge < -0.3 is 5.32 Å². The van der Waals surface area contributed by atoms with E-state index < -0.39 is 0 Å². The topological polar surface area (TPSA) is 12.0 Å². The molecule has 1 atom stereocenters. The second-order valence-electron chi connectivity index (χ2n) is 6.95. The highest BCUT2D eigenvalue weighted by atomic mass is 14.9. The summed E-state index contributed by atoms with van der Waals surface area (Å²) in [4.78, 5) is 0. The zero-order valence-corrected chi connectivity index (χ0v) is 14.3. The van der Waals surface area contributed by atoms with Crippen molar-refractivity contribution in [2.45, 2.75) is 110 Å². The average molecular weight is 282 g/mol. The summed E-state index contributed by atoms with van der Waals surface area (Å²) in [7, 11) is 0. The lowest BCUT2D eigenvalue weighted by Crippen LogP contribution is -2.31. The highest BCUT2D eigenvalue weighted by Crippen LogP contribution is 2.27. The largest absolute Gasteiger partial charge is 0.314 e. The molecule has 0 amide bonds. The van der Waals surface area contributed by atoms with Crippen molar-refractivity contribution in [3.63, 3.8) is 0 Å². The molecule has 1 aliphatic carbocycles. The van der Waals surface area contributed by atoms with Gasteiger partial charge in [-0.3, -0.25) is 0 Å². The van der Waals surface area contributed by atoms with Gasteiger partial charge in [-0.05, 0) is 31.7 Å². The first-order valence-corrected chi connectivity index (χ1v) is 9.60. The first-order valence-electron chi connectivity index (χ1n) is 9.60. The lowest BCUT2D eigenvalue weighted by atomic mass is 9.90. The van der Waals surface area contributed by atoms with Crippen LogP contribution < -0.4 is 5.32 Å². The van der Waals surface area contributed by atoms with E-state index in [4.69, 9.17) is 0 Å². The summed E-state index contributed by atoms with van der Waals surface area (Å²) in [5.41, 5.74) is 0. The van der Waals surface area contributed by atoms with Gasteiger partial charge in [0.25, 0.3) is 0 Å². The smallest absolute Gasteiger partial charge is 0.00696 e. The number of hydrogen-bond donors (Lipinski definition) is 1. The molecular weight excluding hydrogens is 242 g/mol. The van der Waals surface area contributed by atoms with Crippen LogP contribution >= 0.6 is 0 Å². The summed E-state index contributed by atoms with van der Waals surface area (Å²) in [5, 5.41) is 3.83. The second kappa shape index (κ2) is 12.7. The van der Waals surface area contributed by atoms with Crippen LogP contribution in [0.5, 0.6) is 0 Å². The fourth-order valence-electron chi connectivity index (χ4n) is 3.65. The molecule has 0 radical (unpaired) electrons. The molecule has 120 valence electrons. The van der Waals surface area contributed by atoms with Crippen LogP contribution in [0.4, 0.5) is 0 Å². The minimum atomic E-state index is 0.805. The Morgan fingerprint density at radius 1 is 0.850 bits per heavy atom. The van der Waals surface area contributed by atoms with Crippen LogP contribution in [0.1, 0.15) is 104 Å². The molecule has 1 aliphatic rings. The van der Waals surface area contributed by atoms with Gasteiger partial charge in [-0.15, -0.1) is 0 Å². The Morgan fingerprint density at radius 3 is 2.20 bits per heavy atom. The highest BCUT2D eigenvalue weighted by molar-refractivity contribution is 4.74. The monoisotopic (exact) mass is 281 g/mol. The van der Waals surface area contributed by atoms with Crippen molar-refractivity contribution in [1.29, 1.82) is 0 Å². The molecule has 1 saturated carbocycles. The van der Waals surface area contributed by atoms with E-state index in [9.17, 15) is 0 Å².